The zero-order valence-corrected chi connectivity index (χ0v) is 10.8. The summed E-state index contributed by atoms with van der Waals surface area (Å²) in [6.07, 6.45) is 1.21. The molecule has 1 aromatic rings. The van der Waals surface area contributed by atoms with E-state index in [1.165, 1.54) is 6.07 Å². The van der Waals surface area contributed by atoms with E-state index in [-0.39, 0.29) is 34.4 Å². The van der Waals surface area contributed by atoms with Crippen LogP contribution in [0.5, 0.6) is 0 Å². The van der Waals surface area contributed by atoms with E-state index in [4.69, 9.17) is 28.3 Å². The van der Waals surface area contributed by atoms with Crippen LogP contribution in [0.1, 0.15) is 30.1 Å². The molecule has 0 aliphatic carbocycles. The van der Waals surface area contributed by atoms with Crippen LogP contribution in [0, 0.1) is 0 Å². The first kappa shape index (κ1) is 14.2. The van der Waals surface area contributed by atoms with E-state index in [1.54, 1.807) is 0 Å². The van der Waals surface area contributed by atoms with Crippen LogP contribution in [0.3, 0.4) is 0 Å². The molecule has 1 heterocycles. The van der Waals surface area contributed by atoms with Gasteiger partial charge >= 0.3 is 0 Å². The molecule has 7 heteroatoms. The molecule has 0 spiro atoms. The lowest BCUT2D eigenvalue weighted by Crippen LogP contribution is -2.35. The highest BCUT2D eigenvalue weighted by Crippen LogP contribution is 2.15. The van der Waals surface area contributed by atoms with E-state index in [1.807, 2.05) is 6.92 Å². The molecule has 1 unspecified atom stereocenters. The molecule has 0 bridgehead atoms. The minimum Gasteiger partial charge on any atom is -0.396 e. The molecule has 17 heavy (non-hydrogen) atoms. The molecule has 0 aromatic carbocycles. The summed E-state index contributed by atoms with van der Waals surface area (Å²) in [5, 5.41) is 18.8. The number of carbonyl (C=O) groups excluding carboxylic acids is 1. The van der Waals surface area contributed by atoms with Crippen LogP contribution in [0.2, 0.25) is 10.3 Å². The second-order valence-corrected chi connectivity index (χ2v) is 4.21. The first-order valence-corrected chi connectivity index (χ1v) is 5.94. The van der Waals surface area contributed by atoms with E-state index in [2.05, 4.69) is 15.5 Å². The maximum atomic E-state index is 11.9. The largest absolute Gasteiger partial charge is 0.396 e. The van der Waals surface area contributed by atoms with Gasteiger partial charge in [0.25, 0.3) is 5.91 Å². The number of rotatable bonds is 5. The molecule has 1 atom stereocenters. The van der Waals surface area contributed by atoms with E-state index in [0.29, 0.717) is 6.42 Å². The van der Waals surface area contributed by atoms with Gasteiger partial charge in [-0.15, -0.1) is 10.2 Å². The smallest absolute Gasteiger partial charge is 0.254 e. The molecule has 94 valence electrons. The Balaban J connectivity index is 2.78. The average Bonchev–Trinajstić information content (AvgIpc) is 2.31. The summed E-state index contributed by atoms with van der Waals surface area (Å²) in [5.41, 5.74) is 0.183. The molecule has 1 rings (SSSR count). The average molecular weight is 278 g/mol. The van der Waals surface area contributed by atoms with Crippen LogP contribution >= 0.6 is 23.2 Å². The molecule has 5 nitrogen and oxygen atoms in total. The van der Waals surface area contributed by atoms with Gasteiger partial charge in [0.05, 0.1) is 5.56 Å². The van der Waals surface area contributed by atoms with Crippen molar-refractivity contribution in [1.29, 1.82) is 0 Å². The van der Waals surface area contributed by atoms with Crippen LogP contribution in [-0.2, 0) is 0 Å². The van der Waals surface area contributed by atoms with Crippen LogP contribution in [0.25, 0.3) is 0 Å². The van der Waals surface area contributed by atoms with Gasteiger partial charge < -0.3 is 10.4 Å². The summed E-state index contributed by atoms with van der Waals surface area (Å²) >= 11 is 11.4. The number of nitrogens with zero attached hydrogens (tertiary/aromatic N) is 2. The van der Waals surface area contributed by atoms with Gasteiger partial charge in [0.15, 0.2) is 10.3 Å². The van der Waals surface area contributed by atoms with Gasteiger partial charge in [0.2, 0.25) is 0 Å². The number of nitrogens with one attached hydrogen (secondary N) is 1. The van der Waals surface area contributed by atoms with Gasteiger partial charge in [-0.1, -0.05) is 30.1 Å². The SMILES string of the molecule is CCC(CCO)NC(=O)c1cc(Cl)nnc1Cl. The quantitative estimate of drug-likeness (QED) is 0.859. The number of carbonyl (C=O) groups is 1. The van der Waals surface area contributed by atoms with Crippen molar-refractivity contribution in [3.8, 4) is 0 Å². The Hall–Kier alpha value is -0.910. The van der Waals surface area contributed by atoms with Crippen molar-refractivity contribution in [2.24, 2.45) is 0 Å². The van der Waals surface area contributed by atoms with Crippen LogP contribution in [0.15, 0.2) is 6.07 Å². The molecule has 0 saturated heterocycles. The molecule has 0 saturated carbocycles. The Morgan fingerprint density at radius 3 is 2.82 bits per heavy atom. The van der Waals surface area contributed by atoms with Crippen LogP contribution in [0.4, 0.5) is 0 Å². The van der Waals surface area contributed by atoms with Gasteiger partial charge in [0.1, 0.15) is 0 Å². The van der Waals surface area contributed by atoms with Crippen molar-refractivity contribution < 1.29 is 9.90 Å². The second-order valence-electron chi connectivity index (χ2n) is 3.46. The summed E-state index contributed by atoms with van der Waals surface area (Å²) in [7, 11) is 0. The van der Waals surface area contributed by atoms with Crippen molar-refractivity contribution in [1.82, 2.24) is 15.5 Å². The molecule has 0 aliphatic heterocycles. The van der Waals surface area contributed by atoms with Crippen molar-refractivity contribution >= 4 is 29.1 Å². The topological polar surface area (TPSA) is 75.1 Å². The number of aromatic nitrogens is 2. The predicted molar refractivity (Wildman–Crippen MR) is 65.3 cm³/mol. The zero-order chi connectivity index (χ0) is 12.8. The van der Waals surface area contributed by atoms with E-state index in [0.717, 1.165) is 6.42 Å². The molecule has 0 fully saturated rings. The summed E-state index contributed by atoms with van der Waals surface area (Å²) < 4.78 is 0. The zero-order valence-electron chi connectivity index (χ0n) is 9.28. The third-order valence-electron chi connectivity index (χ3n) is 2.27. The lowest BCUT2D eigenvalue weighted by atomic mass is 10.1. The van der Waals surface area contributed by atoms with E-state index >= 15 is 0 Å². The van der Waals surface area contributed by atoms with Gasteiger partial charge in [-0.2, -0.15) is 0 Å². The molecule has 1 aromatic heterocycles. The maximum absolute atomic E-state index is 11.9. The first-order chi connectivity index (χ1) is 8.08. The summed E-state index contributed by atoms with van der Waals surface area (Å²) in [5.74, 6) is -0.368. The monoisotopic (exact) mass is 277 g/mol. The van der Waals surface area contributed by atoms with Gasteiger partial charge in [0, 0.05) is 12.6 Å². The lowest BCUT2D eigenvalue weighted by Gasteiger charge is -2.15. The minimum absolute atomic E-state index is 0.00533. The van der Waals surface area contributed by atoms with Crippen molar-refractivity contribution in [3.05, 3.63) is 21.9 Å². The highest BCUT2D eigenvalue weighted by molar-refractivity contribution is 6.34. The maximum Gasteiger partial charge on any atom is 0.254 e. The number of hydrogen-bond acceptors (Lipinski definition) is 4. The summed E-state index contributed by atoms with van der Waals surface area (Å²) in [6, 6.07) is 1.26. The summed E-state index contributed by atoms with van der Waals surface area (Å²) in [6.45, 7) is 1.93. The third kappa shape index (κ3) is 4.11. The molecular weight excluding hydrogens is 265 g/mol. The molecule has 1 amide bonds. The highest BCUT2D eigenvalue weighted by Gasteiger charge is 2.16. The summed E-state index contributed by atoms with van der Waals surface area (Å²) in [4.78, 5) is 11.9. The molecule has 0 radical (unpaired) electrons. The van der Waals surface area contributed by atoms with Gasteiger partial charge in [-0.3, -0.25) is 4.79 Å². The standard InChI is InChI=1S/C10H13Cl2N3O2/c1-2-6(3-4-16)13-10(17)7-5-8(11)14-15-9(7)12/h5-6,16H,2-4H2,1H3,(H,13,17). The number of halogens is 2. The van der Waals surface area contributed by atoms with Gasteiger partial charge in [-0.25, -0.2) is 0 Å². The Morgan fingerprint density at radius 1 is 1.53 bits per heavy atom. The number of aliphatic hydroxyl groups excluding tert-OH is 1. The normalized spacial score (nSPS) is 12.2. The Bertz CT molecular complexity index is 401. The van der Waals surface area contributed by atoms with Crippen LogP contribution < -0.4 is 5.32 Å². The van der Waals surface area contributed by atoms with Crippen molar-refractivity contribution in [2.75, 3.05) is 6.61 Å². The lowest BCUT2D eigenvalue weighted by molar-refractivity contribution is 0.0928. The fraction of sp³-hybridized carbons (Fsp3) is 0.500. The fourth-order valence-electron chi connectivity index (χ4n) is 1.31. The third-order valence-corrected chi connectivity index (χ3v) is 2.73. The fourth-order valence-corrected chi connectivity index (χ4v) is 1.63. The second kappa shape index (κ2) is 6.74. The molecule has 0 aliphatic rings. The molecule has 2 N–H and O–H groups in total. The number of hydrogen-bond donors (Lipinski definition) is 2. The highest BCUT2D eigenvalue weighted by atomic mass is 35.5. The number of aliphatic hydroxyl groups is 1. The van der Waals surface area contributed by atoms with Gasteiger partial charge in [-0.05, 0) is 18.9 Å². The Morgan fingerprint density at radius 2 is 2.24 bits per heavy atom. The van der Waals surface area contributed by atoms with E-state index < -0.39 is 0 Å². The predicted octanol–water partition coefficient (Wildman–Crippen LogP) is 1.67. The van der Waals surface area contributed by atoms with Crippen molar-refractivity contribution in [3.63, 3.8) is 0 Å². The minimum atomic E-state index is -0.368. The van der Waals surface area contributed by atoms with Crippen molar-refractivity contribution in [2.45, 2.75) is 25.8 Å². The number of amides is 1. The van der Waals surface area contributed by atoms with Crippen LogP contribution in [-0.4, -0.2) is 33.9 Å². The van der Waals surface area contributed by atoms with E-state index in [9.17, 15) is 4.79 Å². The molecular formula is C10H13Cl2N3O2. The Labute approximate surface area is 109 Å². The first-order valence-electron chi connectivity index (χ1n) is 5.19. The Kier molecular flexibility index (Phi) is 5.61.